The number of hydrogen-bond acceptors (Lipinski definition) is 3. The van der Waals surface area contributed by atoms with Crippen molar-refractivity contribution in [1.82, 2.24) is 16.0 Å². The Labute approximate surface area is 107 Å². The van der Waals surface area contributed by atoms with Crippen LogP contribution in [0.15, 0.2) is 24.3 Å². The topological polar surface area (TPSA) is 70.2 Å². The zero-order valence-corrected chi connectivity index (χ0v) is 10.7. The minimum atomic E-state index is -0.119. The Morgan fingerprint density at radius 2 is 1.78 bits per heavy atom. The lowest BCUT2D eigenvalue weighted by Gasteiger charge is -2.10. The highest BCUT2D eigenvalue weighted by Crippen LogP contribution is 2.07. The number of rotatable bonds is 6. The monoisotopic (exact) mass is 249 g/mol. The van der Waals surface area contributed by atoms with Gasteiger partial charge in [0, 0.05) is 32.1 Å². The predicted molar refractivity (Wildman–Crippen MR) is 70.2 cm³/mol. The second kappa shape index (κ2) is 7.45. The van der Waals surface area contributed by atoms with Gasteiger partial charge in [-0.25, -0.2) is 0 Å². The first-order chi connectivity index (χ1) is 8.65. The molecule has 1 aromatic rings. The Morgan fingerprint density at radius 3 is 2.44 bits per heavy atom. The van der Waals surface area contributed by atoms with E-state index in [1.165, 1.54) is 6.92 Å². The fraction of sp³-hybridized carbons (Fsp3) is 0.385. The number of carbonyl (C=O) groups is 2. The summed E-state index contributed by atoms with van der Waals surface area (Å²) >= 11 is 0. The molecular formula is C13H19N3O2. The Morgan fingerprint density at radius 1 is 1.11 bits per heavy atom. The van der Waals surface area contributed by atoms with E-state index in [0.29, 0.717) is 25.2 Å². The van der Waals surface area contributed by atoms with Crippen molar-refractivity contribution in [2.24, 2.45) is 0 Å². The molecule has 18 heavy (non-hydrogen) atoms. The van der Waals surface area contributed by atoms with Gasteiger partial charge in [0.25, 0.3) is 5.91 Å². The highest BCUT2D eigenvalue weighted by atomic mass is 16.2. The van der Waals surface area contributed by atoms with E-state index in [0.717, 1.165) is 5.56 Å². The molecule has 0 aliphatic carbocycles. The summed E-state index contributed by atoms with van der Waals surface area (Å²) in [7, 11) is 1.84. The van der Waals surface area contributed by atoms with Crippen molar-refractivity contribution in [3.8, 4) is 0 Å². The molecule has 2 amide bonds. The normalized spacial score (nSPS) is 9.89. The highest BCUT2D eigenvalue weighted by molar-refractivity contribution is 5.95. The number of carbonyl (C=O) groups excluding carboxylic acids is 2. The van der Waals surface area contributed by atoms with Crippen LogP contribution in [0, 0.1) is 0 Å². The number of amides is 2. The van der Waals surface area contributed by atoms with E-state index in [1.807, 2.05) is 25.2 Å². The van der Waals surface area contributed by atoms with Crippen LogP contribution in [0.1, 0.15) is 22.8 Å². The molecule has 0 saturated heterocycles. The second-order valence-corrected chi connectivity index (χ2v) is 3.93. The van der Waals surface area contributed by atoms with Crippen molar-refractivity contribution in [3.63, 3.8) is 0 Å². The van der Waals surface area contributed by atoms with Crippen LogP contribution in [0.4, 0.5) is 0 Å². The van der Waals surface area contributed by atoms with Crippen LogP contribution in [0.3, 0.4) is 0 Å². The van der Waals surface area contributed by atoms with Gasteiger partial charge < -0.3 is 16.0 Å². The maximum Gasteiger partial charge on any atom is 0.251 e. The van der Waals surface area contributed by atoms with E-state index in [1.54, 1.807) is 6.07 Å². The number of hydrogen-bond donors (Lipinski definition) is 3. The number of nitrogens with one attached hydrogen (secondary N) is 3. The van der Waals surface area contributed by atoms with Gasteiger partial charge in [0.2, 0.25) is 5.91 Å². The molecule has 0 fully saturated rings. The molecule has 0 aliphatic heterocycles. The van der Waals surface area contributed by atoms with Gasteiger partial charge in [0.15, 0.2) is 0 Å². The third-order valence-corrected chi connectivity index (χ3v) is 2.41. The quantitative estimate of drug-likeness (QED) is 0.634. The van der Waals surface area contributed by atoms with E-state index >= 15 is 0 Å². The molecule has 0 unspecified atom stereocenters. The molecule has 0 bridgehead atoms. The van der Waals surface area contributed by atoms with Crippen molar-refractivity contribution >= 4 is 11.8 Å². The van der Waals surface area contributed by atoms with E-state index in [2.05, 4.69) is 16.0 Å². The SMILES string of the molecule is CNCc1ccccc1C(=O)NCCNC(C)=O. The lowest BCUT2D eigenvalue weighted by Crippen LogP contribution is -2.34. The van der Waals surface area contributed by atoms with Crippen LogP contribution < -0.4 is 16.0 Å². The molecule has 0 spiro atoms. The molecule has 1 rings (SSSR count). The maximum atomic E-state index is 11.9. The minimum Gasteiger partial charge on any atom is -0.355 e. The van der Waals surface area contributed by atoms with E-state index < -0.39 is 0 Å². The van der Waals surface area contributed by atoms with Crippen LogP contribution in [-0.4, -0.2) is 32.0 Å². The van der Waals surface area contributed by atoms with Crippen molar-refractivity contribution in [1.29, 1.82) is 0 Å². The fourth-order valence-corrected chi connectivity index (χ4v) is 1.60. The van der Waals surface area contributed by atoms with E-state index in [4.69, 9.17) is 0 Å². The van der Waals surface area contributed by atoms with Gasteiger partial charge in [0.05, 0.1) is 0 Å². The molecule has 98 valence electrons. The summed E-state index contributed by atoms with van der Waals surface area (Å²) in [6.07, 6.45) is 0. The average molecular weight is 249 g/mol. The first-order valence-corrected chi connectivity index (χ1v) is 5.90. The summed E-state index contributed by atoms with van der Waals surface area (Å²) in [6, 6.07) is 7.45. The molecule has 0 radical (unpaired) electrons. The molecule has 1 aromatic carbocycles. The largest absolute Gasteiger partial charge is 0.355 e. The van der Waals surface area contributed by atoms with Crippen molar-refractivity contribution in [3.05, 3.63) is 35.4 Å². The summed E-state index contributed by atoms with van der Waals surface area (Å²) < 4.78 is 0. The molecule has 3 N–H and O–H groups in total. The Kier molecular flexibility index (Phi) is 5.87. The van der Waals surface area contributed by atoms with E-state index in [-0.39, 0.29) is 11.8 Å². The van der Waals surface area contributed by atoms with Gasteiger partial charge in [-0.05, 0) is 18.7 Å². The lowest BCUT2D eigenvalue weighted by molar-refractivity contribution is -0.118. The third kappa shape index (κ3) is 4.55. The van der Waals surface area contributed by atoms with Crippen LogP contribution in [0.25, 0.3) is 0 Å². The van der Waals surface area contributed by atoms with Crippen LogP contribution in [0.5, 0.6) is 0 Å². The van der Waals surface area contributed by atoms with Crippen molar-refractivity contribution in [2.75, 3.05) is 20.1 Å². The molecule has 0 aliphatic rings. The predicted octanol–water partition coefficient (Wildman–Crippen LogP) is 0.272. The van der Waals surface area contributed by atoms with Gasteiger partial charge in [-0.15, -0.1) is 0 Å². The standard InChI is InChI=1S/C13H19N3O2/c1-10(17)15-7-8-16-13(18)12-6-4-3-5-11(12)9-14-2/h3-6,14H,7-9H2,1-2H3,(H,15,17)(H,16,18). The molecule has 0 atom stereocenters. The zero-order valence-electron chi connectivity index (χ0n) is 10.7. The van der Waals surface area contributed by atoms with Gasteiger partial charge in [-0.2, -0.15) is 0 Å². The van der Waals surface area contributed by atoms with Gasteiger partial charge in [-0.1, -0.05) is 18.2 Å². The third-order valence-electron chi connectivity index (χ3n) is 2.41. The first-order valence-electron chi connectivity index (χ1n) is 5.90. The highest BCUT2D eigenvalue weighted by Gasteiger charge is 2.09. The van der Waals surface area contributed by atoms with Gasteiger partial charge >= 0.3 is 0 Å². The second-order valence-electron chi connectivity index (χ2n) is 3.93. The first kappa shape index (κ1) is 14.2. The molecule has 5 heteroatoms. The van der Waals surface area contributed by atoms with Gasteiger partial charge in [0.1, 0.15) is 0 Å². The van der Waals surface area contributed by atoms with Crippen LogP contribution in [-0.2, 0) is 11.3 Å². The Hall–Kier alpha value is -1.88. The zero-order chi connectivity index (χ0) is 13.4. The summed E-state index contributed by atoms with van der Waals surface area (Å²) in [4.78, 5) is 22.6. The summed E-state index contributed by atoms with van der Waals surface area (Å²) in [5.41, 5.74) is 1.62. The van der Waals surface area contributed by atoms with Gasteiger partial charge in [-0.3, -0.25) is 9.59 Å². The van der Waals surface area contributed by atoms with Crippen molar-refractivity contribution in [2.45, 2.75) is 13.5 Å². The maximum absolute atomic E-state index is 11.9. The van der Waals surface area contributed by atoms with Crippen LogP contribution in [0.2, 0.25) is 0 Å². The summed E-state index contributed by atoms with van der Waals surface area (Å²) in [6.45, 7) is 2.96. The minimum absolute atomic E-state index is 0.0974. The Balaban J connectivity index is 2.53. The van der Waals surface area contributed by atoms with Crippen LogP contribution >= 0.6 is 0 Å². The molecule has 0 heterocycles. The Bertz CT molecular complexity index is 418. The molecular weight excluding hydrogens is 230 g/mol. The summed E-state index contributed by atoms with van der Waals surface area (Å²) in [5.74, 6) is -0.217. The molecule has 0 aromatic heterocycles. The number of benzene rings is 1. The molecule has 5 nitrogen and oxygen atoms in total. The fourth-order valence-electron chi connectivity index (χ4n) is 1.60. The summed E-state index contributed by atoms with van der Waals surface area (Å²) in [5, 5.41) is 8.42. The van der Waals surface area contributed by atoms with E-state index in [9.17, 15) is 9.59 Å². The lowest BCUT2D eigenvalue weighted by atomic mass is 10.1. The smallest absolute Gasteiger partial charge is 0.251 e. The van der Waals surface area contributed by atoms with Crippen molar-refractivity contribution < 1.29 is 9.59 Å². The molecule has 0 saturated carbocycles. The average Bonchev–Trinajstić information content (AvgIpc) is 2.35.